The molecule has 0 spiro atoms. The molecule has 0 radical (unpaired) electrons. The van der Waals surface area contributed by atoms with E-state index in [0.29, 0.717) is 6.04 Å². The Kier molecular flexibility index (Phi) is 5.91. The Balaban J connectivity index is 2.21. The van der Waals surface area contributed by atoms with Crippen LogP contribution in [0.2, 0.25) is 0 Å². The molecule has 1 atom stereocenters. The molecule has 1 N–H and O–H groups in total. The highest BCUT2D eigenvalue weighted by molar-refractivity contribution is 9.10. The summed E-state index contributed by atoms with van der Waals surface area (Å²) in [6.07, 6.45) is 3.83. The normalized spacial score (nSPS) is 19.1. The number of nitrogens with zero attached hydrogens (tertiary/aromatic N) is 1. The fraction of sp³-hybridized carbons (Fsp3) is 0.647. The summed E-state index contributed by atoms with van der Waals surface area (Å²) in [6.45, 7) is 10.1. The van der Waals surface area contributed by atoms with Gasteiger partial charge in [0.15, 0.2) is 0 Å². The minimum Gasteiger partial charge on any atom is -0.368 e. The Bertz CT molecular complexity index is 431. The Morgan fingerprint density at radius 1 is 1.40 bits per heavy atom. The molecule has 2 nitrogen and oxygen atoms in total. The number of benzene rings is 1. The zero-order valence-electron chi connectivity index (χ0n) is 13.0. The number of hydrogen-bond acceptors (Lipinski definition) is 2. The van der Waals surface area contributed by atoms with Crippen molar-refractivity contribution in [3.8, 4) is 0 Å². The summed E-state index contributed by atoms with van der Waals surface area (Å²) in [5, 5.41) is 3.54. The van der Waals surface area contributed by atoms with Gasteiger partial charge >= 0.3 is 0 Å². The minimum atomic E-state index is 0.695. The molecule has 112 valence electrons. The van der Waals surface area contributed by atoms with Crippen LogP contribution in [-0.4, -0.2) is 19.1 Å². The molecule has 1 aliphatic heterocycles. The SMILES string of the molecule is CCCNCc1cc(Br)ccc1N1CCCC1C(C)C. The predicted molar refractivity (Wildman–Crippen MR) is 91.3 cm³/mol. The van der Waals surface area contributed by atoms with Crippen LogP contribution in [0.15, 0.2) is 22.7 Å². The van der Waals surface area contributed by atoms with Crippen LogP contribution in [0.25, 0.3) is 0 Å². The van der Waals surface area contributed by atoms with Crippen LogP contribution in [0.1, 0.15) is 45.6 Å². The Labute approximate surface area is 132 Å². The van der Waals surface area contributed by atoms with Crippen LogP contribution in [0.5, 0.6) is 0 Å². The van der Waals surface area contributed by atoms with Gasteiger partial charge in [0, 0.05) is 29.3 Å². The van der Waals surface area contributed by atoms with Crippen LogP contribution in [0, 0.1) is 5.92 Å². The van der Waals surface area contributed by atoms with Gasteiger partial charge in [-0.2, -0.15) is 0 Å². The summed E-state index contributed by atoms with van der Waals surface area (Å²) in [5.41, 5.74) is 2.84. The molecule has 1 fully saturated rings. The lowest BCUT2D eigenvalue weighted by Gasteiger charge is -2.31. The summed E-state index contributed by atoms with van der Waals surface area (Å²) >= 11 is 3.61. The van der Waals surface area contributed by atoms with Crippen molar-refractivity contribution in [3.05, 3.63) is 28.2 Å². The van der Waals surface area contributed by atoms with Gasteiger partial charge in [0.05, 0.1) is 0 Å². The second-order valence-corrected chi connectivity index (χ2v) is 7.01. The largest absolute Gasteiger partial charge is 0.368 e. The number of hydrogen-bond donors (Lipinski definition) is 1. The molecule has 1 unspecified atom stereocenters. The molecule has 0 amide bonds. The minimum absolute atomic E-state index is 0.695. The highest BCUT2D eigenvalue weighted by atomic mass is 79.9. The summed E-state index contributed by atoms with van der Waals surface area (Å²) in [7, 11) is 0. The number of rotatable bonds is 6. The average Bonchev–Trinajstić information content (AvgIpc) is 2.88. The van der Waals surface area contributed by atoms with E-state index in [1.54, 1.807) is 0 Å². The van der Waals surface area contributed by atoms with Crippen LogP contribution in [0.3, 0.4) is 0 Å². The zero-order chi connectivity index (χ0) is 14.5. The highest BCUT2D eigenvalue weighted by Gasteiger charge is 2.28. The molecule has 20 heavy (non-hydrogen) atoms. The van der Waals surface area contributed by atoms with Gasteiger partial charge in [-0.15, -0.1) is 0 Å². The maximum absolute atomic E-state index is 3.61. The molecular weight excluding hydrogens is 312 g/mol. The van der Waals surface area contributed by atoms with E-state index in [4.69, 9.17) is 0 Å². The van der Waals surface area contributed by atoms with E-state index < -0.39 is 0 Å². The van der Waals surface area contributed by atoms with Gasteiger partial charge < -0.3 is 10.2 Å². The molecule has 1 aromatic carbocycles. The molecule has 3 heteroatoms. The zero-order valence-corrected chi connectivity index (χ0v) is 14.5. The van der Waals surface area contributed by atoms with E-state index in [-0.39, 0.29) is 0 Å². The molecule has 0 saturated carbocycles. The molecule has 1 saturated heterocycles. The number of nitrogens with one attached hydrogen (secondary N) is 1. The van der Waals surface area contributed by atoms with Crippen molar-refractivity contribution in [1.82, 2.24) is 5.32 Å². The summed E-state index contributed by atoms with van der Waals surface area (Å²) < 4.78 is 1.18. The van der Waals surface area contributed by atoms with Crippen molar-refractivity contribution < 1.29 is 0 Å². The lowest BCUT2D eigenvalue weighted by atomic mass is 10.0. The fourth-order valence-corrected chi connectivity index (χ4v) is 3.57. The third-order valence-corrected chi connectivity index (χ3v) is 4.66. The van der Waals surface area contributed by atoms with Crippen molar-refractivity contribution >= 4 is 21.6 Å². The van der Waals surface area contributed by atoms with E-state index >= 15 is 0 Å². The van der Waals surface area contributed by atoms with Crippen molar-refractivity contribution in [2.45, 2.75) is 52.6 Å². The average molecular weight is 339 g/mol. The summed E-state index contributed by atoms with van der Waals surface area (Å²) in [6, 6.07) is 7.43. The molecule has 1 aliphatic rings. The smallest absolute Gasteiger partial charge is 0.0415 e. The first-order chi connectivity index (χ1) is 9.63. The molecule has 2 rings (SSSR count). The van der Waals surface area contributed by atoms with Gasteiger partial charge in [-0.25, -0.2) is 0 Å². The lowest BCUT2D eigenvalue weighted by Crippen LogP contribution is -2.34. The second kappa shape index (κ2) is 7.46. The van der Waals surface area contributed by atoms with Gasteiger partial charge in [-0.3, -0.25) is 0 Å². The van der Waals surface area contributed by atoms with Gasteiger partial charge in [0.1, 0.15) is 0 Å². The van der Waals surface area contributed by atoms with Crippen molar-refractivity contribution in [1.29, 1.82) is 0 Å². The monoisotopic (exact) mass is 338 g/mol. The van der Waals surface area contributed by atoms with Gasteiger partial charge in [-0.05, 0) is 55.5 Å². The second-order valence-electron chi connectivity index (χ2n) is 6.10. The van der Waals surface area contributed by atoms with E-state index in [1.807, 2.05) is 0 Å². The van der Waals surface area contributed by atoms with Gasteiger partial charge in [-0.1, -0.05) is 36.7 Å². The van der Waals surface area contributed by atoms with Crippen LogP contribution >= 0.6 is 15.9 Å². The fourth-order valence-electron chi connectivity index (χ4n) is 3.16. The standard InChI is InChI=1S/C17H27BrN2/c1-4-9-19-12-14-11-15(18)7-8-17(14)20-10-5-6-16(20)13(2)3/h7-8,11,13,16,19H,4-6,9-10,12H2,1-3H3. The number of anilines is 1. The highest BCUT2D eigenvalue weighted by Crippen LogP contribution is 2.33. The Hall–Kier alpha value is -0.540. The molecule has 0 aromatic heterocycles. The predicted octanol–water partition coefficient (Wildman–Crippen LogP) is 4.57. The summed E-state index contributed by atoms with van der Waals surface area (Å²) in [4.78, 5) is 2.63. The quantitative estimate of drug-likeness (QED) is 0.764. The van der Waals surface area contributed by atoms with E-state index in [9.17, 15) is 0 Å². The first kappa shape index (κ1) is 15.8. The van der Waals surface area contributed by atoms with E-state index in [2.05, 4.69) is 65.1 Å². The molecular formula is C17H27BrN2. The lowest BCUT2D eigenvalue weighted by molar-refractivity contribution is 0.491. The van der Waals surface area contributed by atoms with Crippen LogP contribution in [-0.2, 0) is 6.54 Å². The van der Waals surface area contributed by atoms with Crippen molar-refractivity contribution in [2.24, 2.45) is 5.92 Å². The maximum atomic E-state index is 3.61. The van der Waals surface area contributed by atoms with E-state index in [0.717, 1.165) is 19.0 Å². The first-order valence-electron chi connectivity index (χ1n) is 7.89. The number of halogens is 1. The molecule has 1 aromatic rings. The third kappa shape index (κ3) is 3.76. The molecule has 1 heterocycles. The Morgan fingerprint density at radius 2 is 2.20 bits per heavy atom. The molecule has 0 aliphatic carbocycles. The van der Waals surface area contributed by atoms with Gasteiger partial charge in [0.25, 0.3) is 0 Å². The third-order valence-electron chi connectivity index (χ3n) is 4.16. The van der Waals surface area contributed by atoms with Crippen LogP contribution < -0.4 is 10.2 Å². The first-order valence-corrected chi connectivity index (χ1v) is 8.68. The van der Waals surface area contributed by atoms with Crippen LogP contribution in [0.4, 0.5) is 5.69 Å². The van der Waals surface area contributed by atoms with E-state index in [1.165, 1.54) is 41.5 Å². The summed E-state index contributed by atoms with van der Waals surface area (Å²) in [5.74, 6) is 0.720. The molecule has 0 bridgehead atoms. The van der Waals surface area contributed by atoms with Gasteiger partial charge in [0.2, 0.25) is 0 Å². The topological polar surface area (TPSA) is 15.3 Å². The Morgan fingerprint density at radius 3 is 2.90 bits per heavy atom. The maximum Gasteiger partial charge on any atom is 0.0415 e. The van der Waals surface area contributed by atoms with Crippen molar-refractivity contribution in [2.75, 3.05) is 18.0 Å². The van der Waals surface area contributed by atoms with Crippen molar-refractivity contribution in [3.63, 3.8) is 0 Å².